The maximum Gasteiger partial charge on any atom is 0.00399 e. The molecule has 2 heteroatoms. The highest BCUT2D eigenvalue weighted by atomic mass is 32.1. The molecule has 3 unspecified atom stereocenters. The molecule has 0 rings (SSSR count). The van der Waals surface area contributed by atoms with Crippen LogP contribution in [0.4, 0.5) is 0 Å². The Morgan fingerprint density at radius 1 is 0.917 bits per heavy atom. The van der Waals surface area contributed by atoms with Gasteiger partial charge in [-0.3, -0.25) is 0 Å². The fourth-order valence-corrected chi connectivity index (χ4v) is 1.31. The predicted molar refractivity (Wildman–Crippen MR) is 64.5 cm³/mol. The molecule has 0 spiro atoms. The molecule has 0 saturated carbocycles. The van der Waals surface area contributed by atoms with E-state index in [4.69, 9.17) is 0 Å². The first kappa shape index (κ1) is 12.7. The van der Waals surface area contributed by atoms with E-state index in [-0.39, 0.29) is 0 Å². The van der Waals surface area contributed by atoms with Gasteiger partial charge in [0.2, 0.25) is 0 Å². The van der Waals surface area contributed by atoms with E-state index in [2.05, 4.69) is 53.0 Å². The fraction of sp³-hybridized carbons (Fsp3) is 1.00. The molecular weight excluding hydrogens is 184 g/mol. The summed E-state index contributed by atoms with van der Waals surface area (Å²) >= 11 is 8.97. The molecule has 0 saturated heterocycles. The molecule has 0 aliphatic heterocycles. The van der Waals surface area contributed by atoms with Crippen molar-refractivity contribution in [2.24, 2.45) is 11.8 Å². The summed E-state index contributed by atoms with van der Waals surface area (Å²) in [5.41, 5.74) is 0. The number of hydrogen-bond donors (Lipinski definition) is 2. The van der Waals surface area contributed by atoms with Crippen molar-refractivity contribution < 1.29 is 0 Å². The van der Waals surface area contributed by atoms with Crippen molar-refractivity contribution in [3.05, 3.63) is 0 Å². The lowest BCUT2D eigenvalue weighted by molar-refractivity contribution is 0.467. The van der Waals surface area contributed by atoms with Crippen LogP contribution >= 0.6 is 25.3 Å². The molecule has 0 aliphatic carbocycles. The van der Waals surface area contributed by atoms with Crippen LogP contribution in [0.2, 0.25) is 0 Å². The molecule has 0 aromatic carbocycles. The summed E-state index contributed by atoms with van der Waals surface area (Å²) < 4.78 is 0. The molecule has 3 atom stereocenters. The number of rotatable bonds is 5. The van der Waals surface area contributed by atoms with E-state index < -0.39 is 0 Å². The van der Waals surface area contributed by atoms with Gasteiger partial charge in [0.05, 0.1) is 0 Å². The minimum Gasteiger partial charge on any atom is -0.176 e. The van der Waals surface area contributed by atoms with Gasteiger partial charge in [-0.2, -0.15) is 25.3 Å². The van der Waals surface area contributed by atoms with E-state index in [0.717, 1.165) is 0 Å². The molecule has 0 radical (unpaired) electrons. The summed E-state index contributed by atoms with van der Waals surface area (Å²) in [6, 6.07) is 0. The largest absolute Gasteiger partial charge is 0.176 e. The van der Waals surface area contributed by atoms with Crippen molar-refractivity contribution in [3.63, 3.8) is 0 Å². The third kappa shape index (κ3) is 5.36. The average molecular weight is 206 g/mol. The lowest BCUT2D eigenvalue weighted by atomic mass is 9.97. The van der Waals surface area contributed by atoms with Gasteiger partial charge in [-0.1, -0.05) is 27.7 Å². The maximum absolute atomic E-state index is 4.54. The minimum atomic E-state index is 0.512. The molecule has 0 aromatic heterocycles. The Balaban J connectivity index is 3.54. The standard InChI is InChI=1S/C10H22S2/c1-7(2)10(12)6-5-8(3)9(4)11/h7-12H,5-6H2,1-4H3. The van der Waals surface area contributed by atoms with Crippen LogP contribution < -0.4 is 0 Å². The zero-order chi connectivity index (χ0) is 9.72. The van der Waals surface area contributed by atoms with Gasteiger partial charge in [0, 0.05) is 10.5 Å². The van der Waals surface area contributed by atoms with Crippen molar-refractivity contribution in [2.75, 3.05) is 0 Å². The molecule has 74 valence electrons. The summed E-state index contributed by atoms with van der Waals surface area (Å²) in [5, 5.41) is 1.07. The van der Waals surface area contributed by atoms with Crippen molar-refractivity contribution in [3.8, 4) is 0 Å². The highest BCUT2D eigenvalue weighted by molar-refractivity contribution is 7.81. The Morgan fingerprint density at radius 2 is 1.42 bits per heavy atom. The van der Waals surface area contributed by atoms with Gasteiger partial charge >= 0.3 is 0 Å². The molecule has 0 heterocycles. The van der Waals surface area contributed by atoms with E-state index in [1.54, 1.807) is 0 Å². The molecule has 0 fully saturated rings. The second-order valence-electron chi connectivity index (χ2n) is 4.11. The zero-order valence-electron chi connectivity index (χ0n) is 8.62. The van der Waals surface area contributed by atoms with Crippen LogP contribution in [0.1, 0.15) is 40.5 Å². The second kappa shape index (κ2) is 6.20. The Bertz CT molecular complexity index is 96.4. The Kier molecular flexibility index (Phi) is 6.56. The smallest absolute Gasteiger partial charge is 0.00399 e. The van der Waals surface area contributed by atoms with Gasteiger partial charge in [0.25, 0.3) is 0 Å². The molecule has 0 aromatic rings. The highest BCUT2D eigenvalue weighted by Crippen LogP contribution is 2.21. The van der Waals surface area contributed by atoms with Crippen molar-refractivity contribution in [2.45, 2.75) is 51.0 Å². The molecule has 0 amide bonds. The lowest BCUT2D eigenvalue weighted by Gasteiger charge is -2.19. The Labute approximate surface area is 88.3 Å². The van der Waals surface area contributed by atoms with Gasteiger partial charge in [0.1, 0.15) is 0 Å². The van der Waals surface area contributed by atoms with Crippen molar-refractivity contribution in [1.29, 1.82) is 0 Å². The first-order valence-electron chi connectivity index (χ1n) is 4.81. The molecule has 0 nitrogen and oxygen atoms in total. The number of thiol groups is 2. The van der Waals surface area contributed by atoms with Gasteiger partial charge in [-0.15, -0.1) is 0 Å². The summed E-state index contributed by atoms with van der Waals surface area (Å²) in [6.45, 7) is 8.88. The van der Waals surface area contributed by atoms with Gasteiger partial charge in [0.15, 0.2) is 0 Å². The average Bonchev–Trinajstić information content (AvgIpc) is 1.98. The Morgan fingerprint density at radius 3 is 1.75 bits per heavy atom. The van der Waals surface area contributed by atoms with E-state index in [9.17, 15) is 0 Å². The predicted octanol–water partition coefficient (Wildman–Crippen LogP) is 3.68. The topological polar surface area (TPSA) is 0 Å². The third-order valence-corrected chi connectivity index (χ3v) is 3.87. The van der Waals surface area contributed by atoms with Gasteiger partial charge < -0.3 is 0 Å². The summed E-state index contributed by atoms with van der Waals surface area (Å²) in [4.78, 5) is 0. The SMILES string of the molecule is CC(C)C(S)CCC(C)C(C)S. The molecule has 0 aliphatic rings. The molecule has 0 N–H and O–H groups in total. The Hall–Kier alpha value is 0.700. The fourth-order valence-electron chi connectivity index (χ4n) is 1.01. The molecular formula is C10H22S2. The summed E-state index contributed by atoms with van der Waals surface area (Å²) in [7, 11) is 0. The van der Waals surface area contributed by atoms with E-state index in [1.165, 1.54) is 12.8 Å². The second-order valence-corrected chi connectivity index (χ2v) is 5.58. The number of hydrogen-bond acceptors (Lipinski definition) is 2. The molecule has 12 heavy (non-hydrogen) atoms. The monoisotopic (exact) mass is 206 g/mol. The van der Waals surface area contributed by atoms with Crippen LogP contribution in [0.5, 0.6) is 0 Å². The van der Waals surface area contributed by atoms with Crippen LogP contribution in [0, 0.1) is 11.8 Å². The van der Waals surface area contributed by atoms with Gasteiger partial charge in [-0.05, 0) is 24.7 Å². The first-order chi connectivity index (χ1) is 5.45. The van der Waals surface area contributed by atoms with Crippen LogP contribution in [-0.4, -0.2) is 10.5 Å². The van der Waals surface area contributed by atoms with E-state index >= 15 is 0 Å². The van der Waals surface area contributed by atoms with E-state index in [0.29, 0.717) is 22.3 Å². The lowest BCUT2D eigenvalue weighted by Crippen LogP contribution is -2.13. The normalized spacial score (nSPS) is 19.2. The van der Waals surface area contributed by atoms with Crippen molar-refractivity contribution in [1.82, 2.24) is 0 Å². The maximum atomic E-state index is 4.54. The van der Waals surface area contributed by atoms with Crippen LogP contribution in [0.15, 0.2) is 0 Å². The van der Waals surface area contributed by atoms with E-state index in [1.807, 2.05) is 0 Å². The molecule has 0 bridgehead atoms. The highest BCUT2D eigenvalue weighted by Gasteiger charge is 2.12. The quantitative estimate of drug-likeness (QED) is 0.630. The van der Waals surface area contributed by atoms with Crippen LogP contribution in [0.25, 0.3) is 0 Å². The summed E-state index contributed by atoms with van der Waals surface area (Å²) in [5.74, 6) is 1.40. The minimum absolute atomic E-state index is 0.512. The zero-order valence-corrected chi connectivity index (χ0v) is 10.4. The van der Waals surface area contributed by atoms with Crippen LogP contribution in [-0.2, 0) is 0 Å². The van der Waals surface area contributed by atoms with Crippen molar-refractivity contribution >= 4 is 25.3 Å². The third-order valence-electron chi connectivity index (χ3n) is 2.51. The first-order valence-corrected chi connectivity index (χ1v) is 5.84. The van der Waals surface area contributed by atoms with Gasteiger partial charge in [-0.25, -0.2) is 0 Å². The summed E-state index contributed by atoms with van der Waals surface area (Å²) in [6.07, 6.45) is 2.46. The van der Waals surface area contributed by atoms with Crippen LogP contribution in [0.3, 0.4) is 0 Å².